The maximum atomic E-state index is 11.9. The van der Waals surface area contributed by atoms with Gasteiger partial charge >= 0.3 is 0 Å². The standard InChI is InChI=1S/C25H26ClN5O2S/c1-13(2)19-11-15(24-27-28-29-30(24)4)12-20-21(19)23(34-17-7-5-16(26)6-8-17)22-18(9-10-31(20)22)14(3)25(32)33/h5-8,11-14,18H,9-10H2,1-4H3,(H,32,33)/p-1. The van der Waals surface area contributed by atoms with E-state index in [-0.39, 0.29) is 11.8 Å². The molecule has 0 aliphatic carbocycles. The molecule has 0 saturated heterocycles. The lowest BCUT2D eigenvalue weighted by Crippen LogP contribution is -2.32. The van der Waals surface area contributed by atoms with Crippen LogP contribution in [0.15, 0.2) is 46.2 Å². The van der Waals surface area contributed by atoms with Crippen LogP contribution in [0.4, 0.5) is 0 Å². The molecule has 1 aliphatic rings. The van der Waals surface area contributed by atoms with Crippen LogP contribution in [-0.4, -0.2) is 30.7 Å². The van der Waals surface area contributed by atoms with Gasteiger partial charge in [-0.15, -0.1) is 5.10 Å². The summed E-state index contributed by atoms with van der Waals surface area (Å²) >= 11 is 7.79. The summed E-state index contributed by atoms with van der Waals surface area (Å²) in [4.78, 5) is 14.0. The number of hydrogen-bond acceptors (Lipinski definition) is 6. The summed E-state index contributed by atoms with van der Waals surface area (Å²) in [5.41, 5.74) is 4.29. The van der Waals surface area contributed by atoms with E-state index in [1.165, 1.54) is 10.9 Å². The van der Waals surface area contributed by atoms with Gasteiger partial charge in [-0.05, 0) is 64.7 Å². The molecule has 2 unspecified atom stereocenters. The van der Waals surface area contributed by atoms with Crippen molar-refractivity contribution in [2.24, 2.45) is 13.0 Å². The Morgan fingerprint density at radius 3 is 2.56 bits per heavy atom. The van der Waals surface area contributed by atoms with Crippen molar-refractivity contribution in [3.05, 3.63) is 52.7 Å². The van der Waals surface area contributed by atoms with E-state index in [9.17, 15) is 9.90 Å². The van der Waals surface area contributed by atoms with Crippen molar-refractivity contribution in [1.29, 1.82) is 0 Å². The Labute approximate surface area is 207 Å². The summed E-state index contributed by atoms with van der Waals surface area (Å²) < 4.78 is 3.96. The maximum absolute atomic E-state index is 11.9. The lowest BCUT2D eigenvalue weighted by Gasteiger charge is -2.21. The average Bonchev–Trinajstić information content (AvgIpc) is 3.50. The number of aryl methyl sites for hydroxylation is 2. The first-order chi connectivity index (χ1) is 16.3. The highest BCUT2D eigenvalue weighted by atomic mass is 35.5. The summed E-state index contributed by atoms with van der Waals surface area (Å²) in [6.45, 7) is 6.86. The second-order valence-corrected chi connectivity index (χ2v) is 10.7. The van der Waals surface area contributed by atoms with E-state index >= 15 is 0 Å². The highest BCUT2D eigenvalue weighted by molar-refractivity contribution is 7.99. The zero-order valence-electron chi connectivity index (χ0n) is 19.4. The van der Waals surface area contributed by atoms with E-state index < -0.39 is 11.9 Å². The van der Waals surface area contributed by atoms with Crippen LogP contribution in [0.2, 0.25) is 5.02 Å². The molecule has 0 amide bonds. The van der Waals surface area contributed by atoms with Crippen LogP contribution in [0.5, 0.6) is 0 Å². The molecule has 0 fully saturated rings. The molecular weight excluding hydrogens is 470 g/mol. The van der Waals surface area contributed by atoms with E-state index in [0.29, 0.717) is 10.8 Å². The van der Waals surface area contributed by atoms with Gasteiger partial charge in [0.15, 0.2) is 5.82 Å². The van der Waals surface area contributed by atoms with Gasteiger partial charge in [0.25, 0.3) is 0 Å². The minimum absolute atomic E-state index is 0.118. The summed E-state index contributed by atoms with van der Waals surface area (Å²) in [6.07, 6.45) is 0.765. The van der Waals surface area contributed by atoms with Crippen molar-refractivity contribution >= 4 is 40.2 Å². The minimum atomic E-state index is -1.01. The first-order valence-corrected chi connectivity index (χ1v) is 12.5. The van der Waals surface area contributed by atoms with Gasteiger partial charge in [-0.3, -0.25) is 0 Å². The lowest BCUT2D eigenvalue weighted by atomic mass is 9.89. The monoisotopic (exact) mass is 494 g/mol. The molecule has 1 aliphatic heterocycles. The molecule has 9 heteroatoms. The molecule has 0 bridgehead atoms. The molecule has 0 spiro atoms. The van der Waals surface area contributed by atoms with Gasteiger partial charge in [0, 0.05) is 62.9 Å². The quantitative estimate of drug-likeness (QED) is 0.388. The molecule has 2 aromatic heterocycles. The SMILES string of the molecule is CC(C)c1cc(-c2nnnn2C)cc2c1c(Sc1ccc(Cl)cc1)c1n2CCC1C(C)C(=O)[O-]. The van der Waals surface area contributed by atoms with Crippen LogP contribution in [-0.2, 0) is 18.4 Å². The number of rotatable bonds is 6. The molecule has 2 atom stereocenters. The number of hydrogen-bond donors (Lipinski definition) is 0. The first-order valence-electron chi connectivity index (χ1n) is 11.3. The van der Waals surface area contributed by atoms with Crippen molar-refractivity contribution in [3.8, 4) is 11.4 Å². The largest absolute Gasteiger partial charge is 0.550 e. The Bertz CT molecular complexity index is 1390. The normalized spacial score (nSPS) is 16.4. The lowest BCUT2D eigenvalue weighted by molar-refractivity contribution is -0.311. The summed E-state index contributed by atoms with van der Waals surface area (Å²) in [5, 5.41) is 25.8. The van der Waals surface area contributed by atoms with Crippen molar-refractivity contribution in [1.82, 2.24) is 24.8 Å². The number of carbonyl (C=O) groups is 1. The molecule has 5 rings (SSSR count). The van der Waals surface area contributed by atoms with Gasteiger partial charge in [-0.1, -0.05) is 44.1 Å². The Morgan fingerprint density at radius 2 is 1.94 bits per heavy atom. The number of tetrazole rings is 1. The third kappa shape index (κ3) is 3.79. The molecule has 0 N–H and O–H groups in total. The van der Waals surface area contributed by atoms with Crippen molar-refractivity contribution in [2.75, 3.05) is 0 Å². The molecule has 0 radical (unpaired) electrons. The Balaban J connectivity index is 1.80. The van der Waals surface area contributed by atoms with Crippen LogP contribution in [0.1, 0.15) is 50.3 Å². The molecule has 0 saturated carbocycles. The first kappa shape index (κ1) is 22.9. The topological polar surface area (TPSA) is 88.7 Å². The second-order valence-electron chi connectivity index (χ2n) is 9.17. The minimum Gasteiger partial charge on any atom is -0.550 e. The molecular formula is C25H25ClN5O2S-. The summed E-state index contributed by atoms with van der Waals surface area (Å²) in [7, 11) is 1.83. The van der Waals surface area contributed by atoms with E-state index in [1.807, 2.05) is 31.3 Å². The Kier molecular flexibility index (Phi) is 5.90. The number of aromatic nitrogens is 5. The van der Waals surface area contributed by atoms with Crippen molar-refractivity contribution in [2.45, 2.75) is 55.4 Å². The predicted octanol–water partition coefficient (Wildman–Crippen LogP) is 4.63. The van der Waals surface area contributed by atoms with Gasteiger partial charge in [-0.2, -0.15) is 0 Å². The predicted molar refractivity (Wildman–Crippen MR) is 131 cm³/mol. The maximum Gasteiger partial charge on any atom is 0.181 e. The van der Waals surface area contributed by atoms with Crippen LogP contribution < -0.4 is 5.11 Å². The number of carboxylic acid groups (broad SMARTS) is 1. The highest BCUT2D eigenvalue weighted by Crippen LogP contribution is 2.50. The molecule has 34 heavy (non-hydrogen) atoms. The van der Waals surface area contributed by atoms with Gasteiger partial charge in [0.2, 0.25) is 0 Å². The molecule has 176 valence electrons. The molecule has 7 nitrogen and oxygen atoms in total. The Morgan fingerprint density at radius 1 is 1.21 bits per heavy atom. The number of fused-ring (bicyclic) bond motifs is 3. The number of benzene rings is 2. The second kappa shape index (κ2) is 8.74. The zero-order chi connectivity index (χ0) is 24.1. The highest BCUT2D eigenvalue weighted by Gasteiger charge is 2.35. The molecule has 3 heterocycles. The fourth-order valence-electron chi connectivity index (χ4n) is 4.94. The van der Waals surface area contributed by atoms with Crippen molar-refractivity contribution in [3.63, 3.8) is 0 Å². The third-order valence-electron chi connectivity index (χ3n) is 6.71. The fraction of sp³-hybridized carbons (Fsp3) is 0.360. The molecule has 4 aromatic rings. The fourth-order valence-corrected chi connectivity index (χ4v) is 6.26. The number of aliphatic carboxylic acids is 1. The van der Waals surface area contributed by atoms with Crippen molar-refractivity contribution < 1.29 is 9.90 Å². The third-order valence-corrected chi connectivity index (χ3v) is 8.09. The van der Waals surface area contributed by atoms with Gasteiger partial charge in [0.05, 0.1) is 5.52 Å². The summed E-state index contributed by atoms with van der Waals surface area (Å²) in [5.74, 6) is -0.773. The van der Waals surface area contributed by atoms with Gasteiger partial charge in [0.1, 0.15) is 0 Å². The van der Waals surface area contributed by atoms with Crippen LogP contribution >= 0.6 is 23.4 Å². The number of carbonyl (C=O) groups excluding carboxylic acids is 1. The van der Waals surface area contributed by atoms with E-state index in [2.05, 4.69) is 46.1 Å². The number of carboxylic acids is 1. The Hall–Kier alpha value is -2.84. The smallest absolute Gasteiger partial charge is 0.181 e. The average molecular weight is 495 g/mol. The van der Waals surface area contributed by atoms with Crippen LogP contribution in [0.25, 0.3) is 22.3 Å². The van der Waals surface area contributed by atoms with Gasteiger partial charge < -0.3 is 14.5 Å². The van der Waals surface area contributed by atoms with E-state index in [0.717, 1.165) is 39.5 Å². The van der Waals surface area contributed by atoms with Gasteiger partial charge in [-0.25, -0.2) is 4.68 Å². The van der Waals surface area contributed by atoms with E-state index in [1.54, 1.807) is 23.4 Å². The van der Waals surface area contributed by atoms with E-state index in [4.69, 9.17) is 11.6 Å². The zero-order valence-corrected chi connectivity index (χ0v) is 21.0. The summed E-state index contributed by atoms with van der Waals surface area (Å²) in [6, 6.07) is 12.1. The van der Waals surface area contributed by atoms with Crippen LogP contribution in [0, 0.1) is 5.92 Å². The number of halogens is 1. The molecule has 2 aromatic carbocycles. The number of nitrogens with zero attached hydrogens (tertiary/aromatic N) is 5. The van der Waals surface area contributed by atoms with Crippen LogP contribution in [0.3, 0.4) is 0 Å².